The average molecular weight is 210 g/mol. The van der Waals surface area contributed by atoms with Gasteiger partial charge in [-0.2, -0.15) is 0 Å². The summed E-state index contributed by atoms with van der Waals surface area (Å²) >= 11 is 0. The van der Waals surface area contributed by atoms with Crippen molar-refractivity contribution in [2.24, 2.45) is 0 Å². The zero-order valence-corrected chi connectivity index (χ0v) is 9.99. The summed E-state index contributed by atoms with van der Waals surface area (Å²) in [6, 6.07) is 2.62. The summed E-state index contributed by atoms with van der Waals surface area (Å²) < 4.78 is 5.05. The van der Waals surface area contributed by atoms with Crippen LogP contribution in [0.3, 0.4) is 0 Å². The maximum Gasteiger partial charge on any atom is 0.0947 e. The van der Waals surface area contributed by atoms with Crippen molar-refractivity contribution in [2.75, 3.05) is 20.1 Å². The van der Waals surface area contributed by atoms with Crippen LogP contribution in [-0.2, 0) is 6.54 Å². The quantitative estimate of drug-likeness (QED) is 0.699. The molecule has 0 aliphatic carbocycles. The highest BCUT2D eigenvalue weighted by atomic mass is 16.3. The Morgan fingerprint density at radius 1 is 1.53 bits per heavy atom. The highest BCUT2D eigenvalue weighted by Gasteiger charge is 2.09. The third-order valence-electron chi connectivity index (χ3n) is 2.75. The molecule has 0 radical (unpaired) electrons. The third kappa shape index (κ3) is 4.49. The van der Waals surface area contributed by atoms with Gasteiger partial charge in [0.05, 0.1) is 12.5 Å². The van der Waals surface area contributed by atoms with E-state index in [1.807, 2.05) is 12.3 Å². The first-order valence-electron chi connectivity index (χ1n) is 5.66. The van der Waals surface area contributed by atoms with E-state index in [-0.39, 0.29) is 0 Å². The van der Waals surface area contributed by atoms with Gasteiger partial charge in [-0.3, -0.25) is 4.90 Å². The molecule has 0 saturated heterocycles. The van der Waals surface area contributed by atoms with Crippen LogP contribution in [0, 0.1) is 0 Å². The van der Waals surface area contributed by atoms with Crippen molar-refractivity contribution >= 4 is 0 Å². The molecule has 0 saturated carbocycles. The minimum atomic E-state index is 0.596. The molecule has 0 aliphatic heterocycles. The molecule has 0 aromatic carbocycles. The van der Waals surface area contributed by atoms with Gasteiger partial charge in [0.2, 0.25) is 0 Å². The first-order valence-corrected chi connectivity index (χ1v) is 5.66. The molecule has 86 valence electrons. The molecule has 1 atom stereocenters. The van der Waals surface area contributed by atoms with Crippen molar-refractivity contribution in [3.05, 3.63) is 24.2 Å². The monoisotopic (exact) mass is 210 g/mol. The summed E-state index contributed by atoms with van der Waals surface area (Å²) in [5.74, 6) is 0. The number of nitrogens with zero attached hydrogens (tertiary/aromatic N) is 1. The lowest BCUT2D eigenvalue weighted by molar-refractivity contribution is 0.236. The number of hydrogen-bond acceptors (Lipinski definition) is 3. The Kier molecular flexibility index (Phi) is 5.43. The second kappa shape index (κ2) is 6.64. The molecule has 3 nitrogen and oxygen atoms in total. The second-order valence-electron chi connectivity index (χ2n) is 4.04. The lowest BCUT2D eigenvalue weighted by Gasteiger charge is -2.24. The number of rotatable bonds is 7. The first-order chi connectivity index (χ1) is 7.24. The summed E-state index contributed by atoms with van der Waals surface area (Å²) in [5, 5.41) is 3.35. The molecule has 0 fully saturated rings. The van der Waals surface area contributed by atoms with Gasteiger partial charge in [0, 0.05) is 18.2 Å². The van der Waals surface area contributed by atoms with Crippen molar-refractivity contribution in [3.8, 4) is 0 Å². The van der Waals surface area contributed by atoms with Crippen molar-refractivity contribution in [2.45, 2.75) is 32.9 Å². The summed E-state index contributed by atoms with van der Waals surface area (Å²) in [4.78, 5) is 2.35. The van der Waals surface area contributed by atoms with Crippen LogP contribution in [0.4, 0.5) is 0 Å². The van der Waals surface area contributed by atoms with E-state index in [0.29, 0.717) is 6.04 Å². The Morgan fingerprint density at radius 2 is 2.33 bits per heavy atom. The lowest BCUT2D eigenvalue weighted by atomic mass is 10.2. The zero-order valence-electron chi connectivity index (χ0n) is 9.99. The molecule has 1 rings (SSSR count). The van der Waals surface area contributed by atoms with Crippen LogP contribution in [0.15, 0.2) is 23.0 Å². The molecule has 0 amide bonds. The Labute approximate surface area is 92.5 Å². The third-order valence-corrected chi connectivity index (χ3v) is 2.75. The highest BCUT2D eigenvalue weighted by molar-refractivity contribution is 5.04. The zero-order chi connectivity index (χ0) is 11.1. The smallest absolute Gasteiger partial charge is 0.0947 e. The van der Waals surface area contributed by atoms with E-state index in [9.17, 15) is 0 Å². The van der Waals surface area contributed by atoms with Crippen LogP contribution in [0.25, 0.3) is 0 Å². The van der Waals surface area contributed by atoms with Crippen LogP contribution in [0.2, 0.25) is 0 Å². The van der Waals surface area contributed by atoms with Crippen LogP contribution in [0.5, 0.6) is 0 Å². The predicted molar refractivity (Wildman–Crippen MR) is 62.8 cm³/mol. The van der Waals surface area contributed by atoms with E-state index in [0.717, 1.165) is 19.6 Å². The molecule has 3 heteroatoms. The summed E-state index contributed by atoms with van der Waals surface area (Å²) in [6.07, 6.45) is 4.72. The first kappa shape index (κ1) is 12.3. The van der Waals surface area contributed by atoms with Gasteiger partial charge in [-0.1, -0.05) is 6.92 Å². The second-order valence-corrected chi connectivity index (χ2v) is 4.04. The predicted octanol–water partition coefficient (Wildman–Crippen LogP) is 2.10. The molecule has 1 heterocycles. The minimum absolute atomic E-state index is 0.596. The molecule has 0 aliphatic rings. The van der Waals surface area contributed by atoms with E-state index in [2.05, 4.69) is 31.1 Å². The van der Waals surface area contributed by atoms with Crippen LogP contribution >= 0.6 is 0 Å². The normalized spacial score (nSPS) is 13.3. The van der Waals surface area contributed by atoms with Gasteiger partial charge in [0.1, 0.15) is 0 Å². The molecule has 0 spiro atoms. The fourth-order valence-electron chi connectivity index (χ4n) is 1.53. The number of furan rings is 1. The molecule has 0 bridgehead atoms. The van der Waals surface area contributed by atoms with Crippen LogP contribution in [0.1, 0.15) is 25.8 Å². The molecule has 15 heavy (non-hydrogen) atoms. The number of hydrogen-bond donors (Lipinski definition) is 1. The molecule has 1 unspecified atom stereocenters. The standard InChI is InChI=1S/C12H22N2O/c1-4-13-7-5-11(2)14(3)9-12-6-8-15-10-12/h6,8,10-11,13H,4-5,7,9H2,1-3H3. The van der Waals surface area contributed by atoms with Crippen molar-refractivity contribution in [1.82, 2.24) is 10.2 Å². The highest BCUT2D eigenvalue weighted by Crippen LogP contribution is 2.08. The maximum absolute atomic E-state index is 5.05. The van der Waals surface area contributed by atoms with Gasteiger partial charge in [-0.15, -0.1) is 0 Å². The van der Waals surface area contributed by atoms with Crippen LogP contribution in [-0.4, -0.2) is 31.1 Å². The SMILES string of the molecule is CCNCCC(C)N(C)Cc1ccoc1. The number of nitrogens with one attached hydrogen (secondary N) is 1. The Bertz CT molecular complexity index is 246. The fraction of sp³-hybridized carbons (Fsp3) is 0.667. The molecular formula is C12H22N2O. The topological polar surface area (TPSA) is 28.4 Å². The van der Waals surface area contributed by atoms with Crippen molar-refractivity contribution in [3.63, 3.8) is 0 Å². The Morgan fingerprint density at radius 3 is 2.93 bits per heavy atom. The van der Waals surface area contributed by atoms with E-state index >= 15 is 0 Å². The fourth-order valence-corrected chi connectivity index (χ4v) is 1.53. The summed E-state index contributed by atoms with van der Waals surface area (Å²) in [7, 11) is 2.16. The van der Waals surface area contributed by atoms with Gasteiger partial charge in [-0.05, 0) is 39.5 Å². The van der Waals surface area contributed by atoms with E-state index in [1.54, 1.807) is 6.26 Å². The minimum Gasteiger partial charge on any atom is -0.472 e. The Balaban J connectivity index is 2.23. The largest absolute Gasteiger partial charge is 0.472 e. The van der Waals surface area contributed by atoms with E-state index < -0.39 is 0 Å². The van der Waals surface area contributed by atoms with E-state index in [4.69, 9.17) is 4.42 Å². The van der Waals surface area contributed by atoms with Gasteiger partial charge in [0.25, 0.3) is 0 Å². The lowest BCUT2D eigenvalue weighted by Crippen LogP contribution is -2.31. The molecule has 1 aromatic heterocycles. The van der Waals surface area contributed by atoms with E-state index in [1.165, 1.54) is 12.0 Å². The molecular weight excluding hydrogens is 188 g/mol. The van der Waals surface area contributed by atoms with Gasteiger partial charge in [0.15, 0.2) is 0 Å². The summed E-state index contributed by atoms with van der Waals surface area (Å²) in [5.41, 5.74) is 1.24. The van der Waals surface area contributed by atoms with Gasteiger partial charge >= 0.3 is 0 Å². The van der Waals surface area contributed by atoms with Crippen LogP contribution < -0.4 is 5.32 Å². The summed E-state index contributed by atoms with van der Waals surface area (Å²) in [6.45, 7) is 7.51. The average Bonchev–Trinajstić information content (AvgIpc) is 2.70. The van der Waals surface area contributed by atoms with Crippen molar-refractivity contribution < 1.29 is 4.42 Å². The Hall–Kier alpha value is -0.800. The molecule has 1 aromatic rings. The van der Waals surface area contributed by atoms with Crippen molar-refractivity contribution in [1.29, 1.82) is 0 Å². The maximum atomic E-state index is 5.05. The van der Waals surface area contributed by atoms with Gasteiger partial charge in [-0.25, -0.2) is 0 Å². The van der Waals surface area contributed by atoms with Gasteiger partial charge < -0.3 is 9.73 Å². The molecule has 1 N–H and O–H groups in total.